The number of aryl methyl sites for hydroxylation is 3. The highest BCUT2D eigenvalue weighted by Gasteiger charge is 2.08. The number of hydrogen-bond acceptors (Lipinski definition) is 5. The predicted molar refractivity (Wildman–Crippen MR) is 103 cm³/mol. The molecule has 2 aromatic rings. The van der Waals surface area contributed by atoms with E-state index in [1.807, 2.05) is 32.2 Å². The van der Waals surface area contributed by atoms with Crippen LogP contribution in [0.2, 0.25) is 0 Å². The zero-order chi connectivity index (χ0) is 18.9. The highest BCUT2D eigenvalue weighted by Crippen LogP contribution is 2.23. The van der Waals surface area contributed by atoms with Gasteiger partial charge in [-0.1, -0.05) is 17.3 Å². The van der Waals surface area contributed by atoms with Crippen LogP contribution in [-0.4, -0.2) is 36.3 Å². The molecule has 0 radical (unpaired) electrons. The van der Waals surface area contributed by atoms with Crippen LogP contribution in [0.5, 0.6) is 11.6 Å². The Bertz CT molecular complexity index is 756. The number of allylic oxidation sites excluding steroid dienone is 1. The lowest BCUT2D eigenvalue weighted by molar-refractivity contribution is 0.215. The molecule has 0 spiro atoms. The van der Waals surface area contributed by atoms with Crippen LogP contribution in [0.3, 0.4) is 0 Å². The van der Waals surface area contributed by atoms with Gasteiger partial charge in [-0.15, -0.1) is 5.10 Å². The lowest BCUT2D eigenvalue weighted by Gasteiger charge is -2.13. The van der Waals surface area contributed by atoms with E-state index in [0.29, 0.717) is 19.1 Å². The van der Waals surface area contributed by atoms with Crippen molar-refractivity contribution in [1.82, 2.24) is 9.78 Å². The van der Waals surface area contributed by atoms with Crippen LogP contribution in [0.1, 0.15) is 29.3 Å². The summed E-state index contributed by atoms with van der Waals surface area (Å²) in [6, 6.07) is 5.98. The van der Waals surface area contributed by atoms with Crippen LogP contribution < -0.4 is 9.47 Å². The molecule has 0 saturated carbocycles. The normalized spacial score (nSPS) is 11.4. The zero-order valence-corrected chi connectivity index (χ0v) is 16.2. The van der Waals surface area contributed by atoms with E-state index in [2.05, 4.69) is 41.1 Å². The average Bonchev–Trinajstić information content (AvgIpc) is 2.95. The predicted octanol–water partition coefficient (Wildman–Crippen LogP) is 3.59. The minimum Gasteiger partial charge on any atom is -0.490 e. The van der Waals surface area contributed by atoms with E-state index < -0.39 is 0 Å². The maximum absolute atomic E-state index is 5.80. The van der Waals surface area contributed by atoms with Crippen molar-refractivity contribution >= 4 is 6.21 Å². The minimum atomic E-state index is 0.554. The lowest BCUT2D eigenvalue weighted by Crippen LogP contribution is -2.06. The monoisotopic (exact) mass is 357 g/mol. The molecule has 26 heavy (non-hydrogen) atoms. The summed E-state index contributed by atoms with van der Waals surface area (Å²) in [6.45, 7) is 7.33. The van der Waals surface area contributed by atoms with Crippen molar-refractivity contribution in [2.24, 2.45) is 12.2 Å². The third-order valence-electron chi connectivity index (χ3n) is 4.04. The number of rotatable bonds is 9. The molecule has 0 aliphatic carbocycles. The summed E-state index contributed by atoms with van der Waals surface area (Å²) in [5.41, 5.74) is 4.51. The fourth-order valence-electron chi connectivity index (χ4n) is 2.68. The van der Waals surface area contributed by atoms with Gasteiger partial charge in [0.25, 0.3) is 0 Å². The Morgan fingerprint density at radius 1 is 1.15 bits per heavy atom. The van der Waals surface area contributed by atoms with Gasteiger partial charge in [-0.05, 0) is 49.6 Å². The highest BCUT2D eigenvalue weighted by molar-refractivity contribution is 5.77. The average molecular weight is 357 g/mol. The van der Waals surface area contributed by atoms with Gasteiger partial charge in [0.2, 0.25) is 5.88 Å². The molecular formula is C20H27N3O3. The summed E-state index contributed by atoms with van der Waals surface area (Å²) in [6.07, 6.45) is 6.38. The first-order valence-corrected chi connectivity index (χ1v) is 8.62. The Hall–Kier alpha value is -2.76. The first kappa shape index (κ1) is 19.6. The summed E-state index contributed by atoms with van der Waals surface area (Å²) < 4.78 is 13.2. The third-order valence-corrected chi connectivity index (χ3v) is 4.04. The molecular weight excluding hydrogens is 330 g/mol. The van der Waals surface area contributed by atoms with Crippen molar-refractivity contribution < 1.29 is 14.3 Å². The van der Waals surface area contributed by atoms with E-state index in [9.17, 15) is 0 Å². The molecule has 0 fully saturated rings. The van der Waals surface area contributed by atoms with Gasteiger partial charge in [0.1, 0.15) is 19.5 Å². The van der Waals surface area contributed by atoms with Gasteiger partial charge in [0.15, 0.2) is 0 Å². The van der Waals surface area contributed by atoms with Crippen LogP contribution >= 0.6 is 0 Å². The van der Waals surface area contributed by atoms with Crippen LogP contribution in [0.15, 0.2) is 35.5 Å². The largest absolute Gasteiger partial charge is 0.490 e. The molecule has 0 aliphatic rings. The molecule has 6 heteroatoms. The minimum absolute atomic E-state index is 0.554. The Balaban J connectivity index is 1.96. The van der Waals surface area contributed by atoms with Crippen LogP contribution in [0.25, 0.3) is 0 Å². The second-order valence-electron chi connectivity index (χ2n) is 5.96. The van der Waals surface area contributed by atoms with Gasteiger partial charge in [-0.25, -0.2) is 0 Å². The van der Waals surface area contributed by atoms with Crippen molar-refractivity contribution in [3.05, 3.63) is 52.7 Å². The fraction of sp³-hybridized carbons (Fsp3) is 0.400. The third kappa shape index (κ3) is 5.37. The summed E-state index contributed by atoms with van der Waals surface area (Å²) in [5.74, 6) is 1.47. The summed E-state index contributed by atoms with van der Waals surface area (Å²) in [7, 11) is 3.34. The number of benzene rings is 1. The van der Waals surface area contributed by atoms with E-state index in [0.717, 1.165) is 17.9 Å². The molecule has 0 amide bonds. The molecule has 0 aliphatic heterocycles. The first-order chi connectivity index (χ1) is 12.5. The van der Waals surface area contributed by atoms with E-state index >= 15 is 0 Å². The maximum Gasteiger partial charge on any atom is 0.233 e. The SMILES string of the molecule is C/C=C/COc1cc(C)c(CCOc2cc(/C=N/OC)n(C)n2)c(C)c1. The van der Waals surface area contributed by atoms with Crippen LogP contribution in [0, 0.1) is 13.8 Å². The molecule has 0 atom stereocenters. The van der Waals surface area contributed by atoms with Gasteiger partial charge < -0.3 is 14.3 Å². The fourth-order valence-corrected chi connectivity index (χ4v) is 2.68. The summed E-state index contributed by atoms with van der Waals surface area (Å²) in [4.78, 5) is 4.69. The van der Waals surface area contributed by atoms with Crippen molar-refractivity contribution in [3.63, 3.8) is 0 Å². The zero-order valence-electron chi connectivity index (χ0n) is 16.2. The smallest absolute Gasteiger partial charge is 0.233 e. The number of oxime groups is 1. The molecule has 6 nitrogen and oxygen atoms in total. The van der Waals surface area contributed by atoms with E-state index in [1.54, 1.807) is 10.9 Å². The number of aromatic nitrogens is 2. The van der Waals surface area contributed by atoms with Crippen molar-refractivity contribution in [1.29, 1.82) is 0 Å². The highest BCUT2D eigenvalue weighted by atomic mass is 16.6. The molecule has 1 aromatic carbocycles. The van der Waals surface area contributed by atoms with Crippen LogP contribution in [-0.2, 0) is 18.3 Å². The molecule has 0 bridgehead atoms. The molecule has 1 heterocycles. The van der Waals surface area contributed by atoms with Crippen LogP contribution in [0.4, 0.5) is 0 Å². The van der Waals surface area contributed by atoms with E-state index in [1.165, 1.54) is 23.8 Å². The quantitative estimate of drug-likeness (QED) is 0.391. The molecule has 2 rings (SSSR count). The lowest BCUT2D eigenvalue weighted by atomic mass is 10.00. The summed E-state index contributed by atoms with van der Waals surface area (Å²) in [5, 5.41) is 8.06. The number of hydrogen-bond donors (Lipinski definition) is 0. The van der Waals surface area contributed by atoms with Gasteiger partial charge in [-0.2, -0.15) is 0 Å². The second-order valence-corrected chi connectivity index (χ2v) is 5.96. The van der Waals surface area contributed by atoms with Crippen molar-refractivity contribution in [3.8, 4) is 11.6 Å². The standard InChI is InChI=1S/C20H27N3O3/c1-6-7-9-25-18-11-15(2)19(16(3)12-18)8-10-26-20-13-17(14-21-24-5)23(4)22-20/h6-7,11-14H,8-10H2,1-5H3/b7-6+,21-14+. The molecule has 140 valence electrons. The number of nitrogens with zero attached hydrogens (tertiary/aromatic N) is 3. The summed E-state index contributed by atoms with van der Waals surface area (Å²) >= 11 is 0. The molecule has 1 aromatic heterocycles. The van der Waals surface area contributed by atoms with E-state index in [-0.39, 0.29) is 0 Å². The van der Waals surface area contributed by atoms with Crippen molar-refractivity contribution in [2.75, 3.05) is 20.3 Å². The molecule has 0 unspecified atom stereocenters. The maximum atomic E-state index is 5.80. The van der Waals surface area contributed by atoms with Gasteiger partial charge in [-0.3, -0.25) is 4.68 Å². The topological polar surface area (TPSA) is 57.9 Å². The van der Waals surface area contributed by atoms with Gasteiger partial charge in [0, 0.05) is 19.5 Å². The Kier molecular flexibility index (Phi) is 7.26. The first-order valence-electron chi connectivity index (χ1n) is 8.62. The Morgan fingerprint density at radius 2 is 1.88 bits per heavy atom. The van der Waals surface area contributed by atoms with Gasteiger partial charge >= 0.3 is 0 Å². The van der Waals surface area contributed by atoms with Crippen molar-refractivity contribution in [2.45, 2.75) is 27.2 Å². The second kappa shape index (κ2) is 9.65. The molecule has 0 N–H and O–H groups in total. The Morgan fingerprint density at radius 3 is 2.54 bits per heavy atom. The molecule has 0 saturated heterocycles. The van der Waals surface area contributed by atoms with Gasteiger partial charge in [0.05, 0.1) is 18.5 Å². The van der Waals surface area contributed by atoms with E-state index in [4.69, 9.17) is 9.47 Å². The number of ether oxygens (including phenoxy) is 2. The Labute approximate surface area is 155 Å².